The van der Waals surface area contributed by atoms with Gasteiger partial charge < -0.3 is 0 Å². The van der Waals surface area contributed by atoms with E-state index in [1.807, 2.05) is 12.1 Å². The number of hydrogen-bond acceptors (Lipinski definition) is 4. The standard InChI is InChI=1S/C22H15ClFN3OS/c23-16-10-8-15(9-11-16)21-26-13-17(29-21)14-27(20-7-2-1-5-18(20)24)22(28)19-6-3-4-12-25-19/h1-13H,14H2. The van der Waals surface area contributed by atoms with Gasteiger partial charge in [-0.2, -0.15) is 0 Å². The molecule has 0 aliphatic heterocycles. The molecule has 0 unspecified atom stereocenters. The predicted octanol–water partition coefficient (Wildman–Crippen LogP) is 5.84. The van der Waals surface area contributed by atoms with E-state index in [4.69, 9.17) is 11.6 Å². The van der Waals surface area contributed by atoms with Crippen LogP contribution in [0.15, 0.2) is 79.1 Å². The van der Waals surface area contributed by atoms with Crippen LogP contribution in [0.4, 0.5) is 10.1 Å². The molecular weight excluding hydrogens is 409 g/mol. The number of halogens is 2. The molecule has 7 heteroatoms. The van der Waals surface area contributed by atoms with E-state index in [1.54, 1.807) is 54.7 Å². The zero-order valence-corrected chi connectivity index (χ0v) is 16.7. The van der Waals surface area contributed by atoms with Crippen LogP contribution in [-0.4, -0.2) is 15.9 Å². The highest BCUT2D eigenvalue weighted by atomic mass is 35.5. The summed E-state index contributed by atoms with van der Waals surface area (Å²) in [6.07, 6.45) is 3.24. The number of benzene rings is 2. The highest BCUT2D eigenvalue weighted by Crippen LogP contribution is 2.29. The number of amides is 1. The van der Waals surface area contributed by atoms with Gasteiger partial charge in [-0.15, -0.1) is 11.3 Å². The second-order valence-corrected chi connectivity index (χ2v) is 7.75. The smallest absolute Gasteiger partial charge is 0.277 e. The Bertz CT molecular complexity index is 1130. The normalized spacial score (nSPS) is 10.7. The number of anilines is 1. The topological polar surface area (TPSA) is 46.1 Å². The summed E-state index contributed by atoms with van der Waals surface area (Å²) in [6, 6.07) is 18.6. The molecule has 0 bridgehead atoms. The summed E-state index contributed by atoms with van der Waals surface area (Å²) in [7, 11) is 0. The van der Waals surface area contributed by atoms with E-state index in [0.29, 0.717) is 5.02 Å². The Morgan fingerprint density at radius 2 is 1.76 bits per heavy atom. The Balaban J connectivity index is 1.67. The molecular formula is C22H15ClFN3OS. The highest BCUT2D eigenvalue weighted by Gasteiger charge is 2.22. The van der Waals surface area contributed by atoms with E-state index in [2.05, 4.69) is 9.97 Å². The van der Waals surface area contributed by atoms with Crippen molar-refractivity contribution < 1.29 is 9.18 Å². The predicted molar refractivity (Wildman–Crippen MR) is 114 cm³/mol. The van der Waals surface area contributed by atoms with Crippen molar-refractivity contribution in [2.45, 2.75) is 6.54 Å². The van der Waals surface area contributed by atoms with Crippen molar-refractivity contribution in [3.05, 3.63) is 101 Å². The third-order valence-corrected chi connectivity index (χ3v) is 5.51. The van der Waals surface area contributed by atoms with Gasteiger partial charge in [0.25, 0.3) is 5.91 Å². The fourth-order valence-corrected chi connectivity index (χ4v) is 3.86. The van der Waals surface area contributed by atoms with Crippen molar-refractivity contribution in [1.82, 2.24) is 9.97 Å². The van der Waals surface area contributed by atoms with Crippen molar-refractivity contribution >= 4 is 34.5 Å². The molecule has 0 saturated heterocycles. The number of para-hydroxylation sites is 1. The minimum atomic E-state index is -0.473. The lowest BCUT2D eigenvalue weighted by Crippen LogP contribution is -2.31. The van der Waals surface area contributed by atoms with Gasteiger partial charge in [0.15, 0.2) is 0 Å². The summed E-state index contributed by atoms with van der Waals surface area (Å²) >= 11 is 7.39. The number of carbonyl (C=O) groups excluding carboxylic acids is 1. The summed E-state index contributed by atoms with van der Waals surface area (Å²) in [5.74, 6) is -0.851. The SMILES string of the molecule is O=C(c1ccccn1)N(Cc1cnc(-c2ccc(Cl)cc2)s1)c1ccccc1F. The summed E-state index contributed by atoms with van der Waals surface area (Å²) in [4.78, 5) is 23.9. The number of nitrogens with zero attached hydrogens (tertiary/aromatic N) is 3. The maximum absolute atomic E-state index is 14.5. The van der Waals surface area contributed by atoms with Gasteiger partial charge in [0, 0.05) is 27.9 Å². The summed E-state index contributed by atoms with van der Waals surface area (Å²) in [6.45, 7) is 0.182. The van der Waals surface area contributed by atoms with Crippen LogP contribution in [0.2, 0.25) is 5.02 Å². The lowest BCUT2D eigenvalue weighted by molar-refractivity contribution is 0.0979. The molecule has 0 radical (unpaired) electrons. The van der Waals surface area contributed by atoms with Crippen LogP contribution < -0.4 is 4.90 Å². The number of rotatable bonds is 5. The van der Waals surface area contributed by atoms with Crippen LogP contribution in [0.5, 0.6) is 0 Å². The van der Waals surface area contributed by atoms with Crippen molar-refractivity contribution in [3.8, 4) is 10.6 Å². The molecule has 0 saturated carbocycles. The number of carbonyl (C=O) groups is 1. The molecule has 0 spiro atoms. The van der Waals surface area contributed by atoms with E-state index in [-0.39, 0.29) is 23.8 Å². The van der Waals surface area contributed by atoms with Gasteiger partial charge in [0.1, 0.15) is 16.5 Å². The first-order valence-corrected chi connectivity index (χ1v) is 9.99. The minimum absolute atomic E-state index is 0.182. The molecule has 0 fully saturated rings. The zero-order chi connectivity index (χ0) is 20.2. The van der Waals surface area contributed by atoms with Gasteiger partial charge >= 0.3 is 0 Å². The fourth-order valence-electron chi connectivity index (χ4n) is 2.83. The van der Waals surface area contributed by atoms with Crippen LogP contribution in [0, 0.1) is 5.82 Å². The van der Waals surface area contributed by atoms with Gasteiger partial charge in [0.2, 0.25) is 0 Å². The van der Waals surface area contributed by atoms with Gasteiger partial charge in [-0.1, -0.05) is 41.9 Å². The van der Waals surface area contributed by atoms with Crippen LogP contribution in [0.3, 0.4) is 0 Å². The van der Waals surface area contributed by atoms with E-state index in [0.717, 1.165) is 15.4 Å². The van der Waals surface area contributed by atoms with E-state index in [1.165, 1.54) is 28.5 Å². The number of thiazole rings is 1. The molecule has 0 atom stereocenters. The Morgan fingerprint density at radius 3 is 2.48 bits per heavy atom. The maximum Gasteiger partial charge on any atom is 0.277 e. The molecule has 0 aliphatic rings. The van der Waals surface area contributed by atoms with Gasteiger partial charge in [-0.25, -0.2) is 9.37 Å². The fraction of sp³-hybridized carbons (Fsp3) is 0.0455. The molecule has 0 N–H and O–H groups in total. The molecule has 2 heterocycles. The molecule has 2 aromatic heterocycles. The van der Waals surface area contributed by atoms with Crippen molar-refractivity contribution in [2.24, 2.45) is 0 Å². The Labute approximate surface area is 176 Å². The number of pyridine rings is 1. The summed E-state index contributed by atoms with van der Waals surface area (Å²) in [5, 5.41) is 1.45. The van der Waals surface area contributed by atoms with Gasteiger partial charge in [0.05, 0.1) is 12.2 Å². The van der Waals surface area contributed by atoms with Crippen molar-refractivity contribution in [2.75, 3.05) is 4.90 Å². The summed E-state index contributed by atoms with van der Waals surface area (Å²) < 4.78 is 14.5. The number of hydrogen-bond donors (Lipinski definition) is 0. The van der Waals surface area contributed by atoms with Gasteiger partial charge in [-0.3, -0.25) is 14.7 Å². The third-order valence-electron chi connectivity index (χ3n) is 4.23. The Kier molecular flexibility index (Phi) is 5.64. The average Bonchev–Trinajstić information content (AvgIpc) is 3.22. The largest absolute Gasteiger partial charge is 0.299 e. The molecule has 4 rings (SSSR count). The van der Waals surface area contributed by atoms with Crippen molar-refractivity contribution in [1.29, 1.82) is 0 Å². The molecule has 2 aromatic carbocycles. The summed E-state index contributed by atoms with van der Waals surface area (Å²) in [5.41, 5.74) is 1.38. The monoisotopic (exact) mass is 423 g/mol. The Morgan fingerprint density at radius 1 is 1.00 bits per heavy atom. The first-order valence-electron chi connectivity index (χ1n) is 8.80. The first kappa shape index (κ1) is 19.2. The van der Waals surface area contributed by atoms with Gasteiger partial charge in [-0.05, 0) is 36.4 Å². The van der Waals surface area contributed by atoms with E-state index < -0.39 is 5.82 Å². The van der Waals surface area contributed by atoms with Crippen LogP contribution in [0.25, 0.3) is 10.6 Å². The second-order valence-electron chi connectivity index (χ2n) is 6.20. The van der Waals surface area contributed by atoms with E-state index >= 15 is 0 Å². The van der Waals surface area contributed by atoms with E-state index in [9.17, 15) is 9.18 Å². The molecule has 144 valence electrons. The lowest BCUT2D eigenvalue weighted by Gasteiger charge is -2.22. The highest BCUT2D eigenvalue weighted by molar-refractivity contribution is 7.15. The van der Waals surface area contributed by atoms with Crippen LogP contribution in [0.1, 0.15) is 15.4 Å². The Hall–Kier alpha value is -3.09. The quantitative estimate of drug-likeness (QED) is 0.405. The van der Waals surface area contributed by atoms with Crippen LogP contribution >= 0.6 is 22.9 Å². The number of aromatic nitrogens is 2. The first-order chi connectivity index (χ1) is 14.1. The average molecular weight is 424 g/mol. The lowest BCUT2D eigenvalue weighted by atomic mass is 10.2. The zero-order valence-electron chi connectivity index (χ0n) is 15.1. The third kappa shape index (κ3) is 4.34. The maximum atomic E-state index is 14.5. The van der Waals surface area contributed by atoms with Crippen molar-refractivity contribution in [3.63, 3.8) is 0 Å². The molecule has 1 amide bonds. The molecule has 4 aromatic rings. The van der Waals surface area contributed by atoms with Crippen LogP contribution in [-0.2, 0) is 6.54 Å². The molecule has 4 nitrogen and oxygen atoms in total. The molecule has 29 heavy (non-hydrogen) atoms. The minimum Gasteiger partial charge on any atom is -0.299 e. The second kappa shape index (κ2) is 8.51. The molecule has 0 aliphatic carbocycles.